The molecule has 9 heteroatoms. The predicted octanol–water partition coefficient (Wildman–Crippen LogP) is 3.32. The van der Waals surface area contributed by atoms with Crippen molar-refractivity contribution in [3.8, 4) is 11.3 Å². The van der Waals surface area contributed by atoms with Gasteiger partial charge in [0.2, 0.25) is 5.91 Å². The average Bonchev–Trinajstić information content (AvgIpc) is 3.35. The van der Waals surface area contributed by atoms with E-state index in [1.165, 1.54) is 6.92 Å². The van der Waals surface area contributed by atoms with Crippen LogP contribution in [0.2, 0.25) is 0 Å². The van der Waals surface area contributed by atoms with Gasteiger partial charge in [-0.05, 0) is 57.1 Å². The molecule has 2 aromatic heterocycles. The second-order valence-corrected chi connectivity index (χ2v) is 7.29. The minimum atomic E-state index is -0.423. The van der Waals surface area contributed by atoms with Gasteiger partial charge in [0.25, 0.3) is 5.91 Å². The SMILES string of the molecule is CC(=O)Nc1ccc(-c2oc(C3CCNCC3)nc2C(=O)Nc2cc(C)on2)cc1. The first-order valence-electron chi connectivity index (χ1n) is 9.84. The second kappa shape index (κ2) is 8.50. The molecule has 1 fully saturated rings. The third kappa shape index (κ3) is 4.41. The van der Waals surface area contributed by atoms with Gasteiger partial charge in [0.15, 0.2) is 23.2 Å². The van der Waals surface area contributed by atoms with Crippen molar-refractivity contribution in [1.29, 1.82) is 0 Å². The largest absolute Gasteiger partial charge is 0.440 e. The van der Waals surface area contributed by atoms with E-state index in [4.69, 9.17) is 8.94 Å². The van der Waals surface area contributed by atoms with E-state index in [0.29, 0.717) is 34.5 Å². The van der Waals surface area contributed by atoms with Crippen LogP contribution in [0.25, 0.3) is 11.3 Å². The lowest BCUT2D eigenvalue weighted by Crippen LogP contribution is -2.26. The molecule has 156 valence electrons. The number of carbonyl (C=O) groups is 2. The van der Waals surface area contributed by atoms with Gasteiger partial charge >= 0.3 is 0 Å². The fourth-order valence-corrected chi connectivity index (χ4v) is 3.44. The highest BCUT2D eigenvalue weighted by atomic mass is 16.5. The standard InChI is InChI=1S/C21H23N5O4/c1-12-11-17(26-30-12)24-20(28)18-19(14-3-5-16(6-4-14)23-13(2)27)29-21(25-18)15-7-9-22-10-8-15/h3-6,11,15,22H,7-10H2,1-2H3,(H,23,27)(H,24,26,28). The van der Waals surface area contributed by atoms with E-state index < -0.39 is 5.91 Å². The number of hydrogen-bond acceptors (Lipinski definition) is 7. The van der Waals surface area contributed by atoms with Crippen LogP contribution in [-0.2, 0) is 4.79 Å². The number of benzene rings is 1. The summed E-state index contributed by atoms with van der Waals surface area (Å²) in [5, 5.41) is 12.6. The summed E-state index contributed by atoms with van der Waals surface area (Å²) in [7, 11) is 0. The number of aryl methyl sites for hydroxylation is 1. The Morgan fingerprint density at radius 3 is 2.50 bits per heavy atom. The van der Waals surface area contributed by atoms with Crippen molar-refractivity contribution in [3.05, 3.63) is 47.7 Å². The molecule has 4 rings (SSSR count). The number of aromatic nitrogens is 2. The van der Waals surface area contributed by atoms with Crippen molar-refractivity contribution in [3.63, 3.8) is 0 Å². The lowest BCUT2D eigenvalue weighted by atomic mass is 9.98. The first-order chi connectivity index (χ1) is 14.5. The van der Waals surface area contributed by atoms with E-state index in [1.807, 2.05) is 0 Å². The Kier molecular flexibility index (Phi) is 5.62. The third-order valence-electron chi connectivity index (χ3n) is 4.88. The molecule has 2 amide bonds. The van der Waals surface area contributed by atoms with Crippen LogP contribution in [0.3, 0.4) is 0 Å². The molecule has 30 heavy (non-hydrogen) atoms. The van der Waals surface area contributed by atoms with Crippen LogP contribution in [0.4, 0.5) is 11.5 Å². The molecule has 0 saturated carbocycles. The highest BCUT2D eigenvalue weighted by Crippen LogP contribution is 2.32. The molecule has 1 saturated heterocycles. The molecule has 1 aliphatic rings. The van der Waals surface area contributed by atoms with Gasteiger partial charge < -0.3 is 24.9 Å². The van der Waals surface area contributed by atoms with Crippen molar-refractivity contribution in [1.82, 2.24) is 15.5 Å². The number of oxazole rings is 1. The van der Waals surface area contributed by atoms with Crippen molar-refractivity contribution >= 4 is 23.3 Å². The number of piperidine rings is 1. The van der Waals surface area contributed by atoms with Crippen molar-refractivity contribution in [2.75, 3.05) is 23.7 Å². The Labute approximate surface area is 173 Å². The molecule has 0 atom stereocenters. The molecular formula is C21H23N5O4. The number of hydrogen-bond donors (Lipinski definition) is 3. The zero-order valence-corrected chi connectivity index (χ0v) is 16.8. The quantitative estimate of drug-likeness (QED) is 0.591. The molecule has 1 aliphatic heterocycles. The van der Waals surface area contributed by atoms with Crippen LogP contribution in [-0.4, -0.2) is 35.0 Å². The van der Waals surface area contributed by atoms with Gasteiger partial charge in [-0.3, -0.25) is 9.59 Å². The molecule has 3 aromatic rings. The second-order valence-electron chi connectivity index (χ2n) is 7.29. The van der Waals surface area contributed by atoms with Gasteiger partial charge in [-0.15, -0.1) is 0 Å². The number of nitrogens with one attached hydrogen (secondary N) is 3. The molecule has 0 aliphatic carbocycles. The van der Waals surface area contributed by atoms with Crippen LogP contribution in [0, 0.1) is 6.92 Å². The molecule has 0 unspecified atom stereocenters. The molecule has 9 nitrogen and oxygen atoms in total. The van der Waals surface area contributed by atoms with Gasteiger partial charge in [0.05, 0.1) is 0 Å². The maximum absolute atomic E-state index is 12.9. The summed E-state index contributed by atoms with van der Waals surface area (Å²) in [5.41, 5.74) is 1.54. The average molecular weight is 409 g/mol. The van der Waals surface area contributed by atoms with Crippen LogP contribution >= 0.6 is 0 Å². The Morgan fingerprint density at radius 2 is 1.87 bits per heavy atom. The maximum Gasteiger partial charge on any atom is 0.279 e. The first-order valence-corrected chi connectivity index (χ1v) is 9.84. The van der Waals surface area contributed by atoms with Gasteiger partial charge in [-0.25, -0.2) is 4.98 Å². The van der Waals surface area contributed by atoms with E-state index in [0.717, 1.165) is 25.9 Å². The Hall–Kier alpha value is -3.46. The molecular weight excluding hydrogens is 386 g/mol. The summed E-state index contributed by atoms with van der Waals surface area (Å²) in [4.78, 5) is 28.7. The fourth-order valence-electron chi connectivity index (χ4n) is 3.44. The zero-order chi connectivity index (χ0) is 21.1. The zero-order valence-electron chi connectivity index (χ0n) is 16.8. The maximum atomic E-state index is 12.9. The first kappa shape index (κ1) is 19.8. The van der Waals surface area contributed by atoms with Crippen LogP contribution in [0.1, 0.15) is 47.8 Å². The van der Waals surface area contributed by atoms with E-state index in [9.17, 15) is 9.59 Å². The summed E-state index contributed by atoms with van der Waals surface area (Å²) in [5.74, 6) is 1.42. The summed E-state index contributed by atoms with van der Waals surface area (Å²) in [6.45, 7) is 4.96. The van der Waals surface area contributed by atoms with Crippen molar-refractivity contribution in [2.45, 2.75) is 32.6 Å². The molecule has 0 spiro atoms. The fraction of sp³-hybridized carbons (Fsp3) is 0.333. The Morgan fingerprint density at radius 1 is 1.13 bits per heavy atom. The van der Waals surface area contributed by atoms with Crippen LogP contribution in [0.15, 0.2) is 39.3 Å². The minimum absolute atomic E-state index is 0.152. The Bertz CT molecular complexity index is 1050. The van der Waals surface area contributed by atoms with Gasteiger partial charge in [-0.1, -0.05) is 5.16 Å². The van der Waals surface area contributed by atoms with Crippen molar-refractivity contribution < 1.29 is 18.5 Å². The van der Waals surface area contributed by atoms with Crippen LogP contribution in [0.5, 0.6) is 0 Å². The highest BCUT2D eigenvalue weighted by Gasteiger charge is 2.27. The lowest BCUT2D eigenvalue weighted by molar-refractivity contribution is -0.114. The number of carbonyl (C=O) groups excluding carboxylic acids is 2. The molecule has 3 N–H and O–H groups in total. The number of nitrogens with zero attached hydrogens (tertiary/aromatic N) is 2. The highest BCUT2D eigenvalue weighted by molar-refractivity contribution is 6.06. The minimum Gasteiger partial charge on any atom is -0.440 e. The van der Waals surface area contributed by atoms with Gasteiger partial charge in [-0.2, -0.15) is 0 Å². The smallest absolute Gasteiger partial charge is 0.279 e. The predicted molar refractivity (Wildman–Crippen MR) is 110 cm³/mol. The van der Waals surface area contributed by atoms with Gasteiger partial charge in [0.1, 0.15) is 5.76 Å². The summed E-state index contributed by atoms with van der Waals surface area (Å²) < 4.78 is 11.1. The van der Waals surface area contributed by atoms with Crippen molar-refractivity contribution in [2.24, 2.45) is 0 Å². The summed E-state index contributed by atoms with van der Waals surface area (Å²) in [6, 6.07) is 8.72. The van der Waals surface area contributed by atoms with Gasteiger partial charge in [0, 0.05) is 30.2 Å². The normalized spacial score (nSPS) is 14.5. The van der Waals surface area contributed by atoms with E-state index >= 15 is 0 Å². The molecule has 0 radical (unpaired) electrons. The topological polar surface area (TPSA) is 122 Å². The monoisotopic (exact) mass is 409 g/mol. The summed E-state index contributed by atoms with van der Waals surface area (Å²) in [6.07, 6.45) is 1.79. The third-order valence-corrected chi connectivity index (χ3v) is 4.88. The number of rotatable bonds is 5. The molecule has 3 heterocycles. The molecule has 1 aromatic carbocycles. The lowest BCUT2D eigenvalue weighted by Gasteiger charge is -2.19. The van der Waals surface area contributed by atoms with E-state index in [2.05, 4.69) is 26.1 Å². The van der Waals surface area contributed by atoms with E-state index in [-0.39, 0.29) is 17.5 Å². The summed E-state index contributed by atoms with van der Waals surface area (Å²) >= 11 is 0. The van der Waals surface area contributed by atoms with E-state index in [1.54, 1.807) is 37.3 Å². The molecule has 0 bridgehead atoms. The number of amides is 2. The van der Waals surface area contributed by atoms with Crippen LogP contribution < -0.4 is 16.0 Å². The Balaban J connectivity index is 1.66. The number of anilines is 2.